The first kappa shape index (κ1) is 44.7. The third-order valence-corrected chi connectivity index (χ3v) is 10.0. The van der Waals surface area contributed by atoms with Crippen LogP contribution in [0.1, 0.15) is 24.0 Å². The summed E-state index contributed by atoms with van der Waals surface area (Å²) < 4.78 is 45.2. The Morgan fingerprint density at radius 2 is 1.25 bits per heavy atom. The fourth-order valence-corrected chi connectivity index (χ4v) is 7.33. The van der Waals surface area contributed by atoms with Gasteiger partial charge in [0.25, 0.3) is 0 Å². The van der Waals surface area contributed by atoms with Crippen LogP contribution in [0.2, 0.25) is 0 Å². The summed E-state index contributed by atoms with van der Waals surface area (Å²) in [6, 6.07) is 22.6. The maximum absolute atomic E-state index is 5.82. The summed E-state index contributed by atoms with van der Waals surface area (Å²) >= 11 is 0. The lowest BCUT2D eigenvalue weighted by Gasteiger charge is -2.40. The van der Waals surface area contributed by atoms with Crippen LogP contribution in [-0.2, 0) is 13.1 Å². The van der Waals surface area contributed by atoms with Crippen LogP contribution in [0.5, 0.6) is 46.0 Å². The summed E-state index contributed by atoms with van der Waals surface area (Å²) in [7, 11) is 9.69. The smallest absolute Gasteiger partial charge is 0.231 e. The zero-order valence-corrected chi connectivity index (χ0v) is 35.3. The highest BCUT2D eigenvalue weighted by Crippen LogP contribution is 2.43. The summed E-state index contributed by atoms with van der Waals surface area (Å²) in [5.41, 5.74) is 6.79. The number of fused-ring (bicyclic) bond motifs is 1. The van der Waals surface area contributed by atoms with Crippen molar-refractivity contribution in [3.05, 3.63) is 90.3 Å². The highest BCUT2D eigenvalue weighted by atomic mass is 35.5. The SMILES string of the molecule is COc1cc(-c2cc(CN3CCC(N(Cc4cccnc4-c4cc(OC)c(OC)c(OC)c4)c4ccc5c(c4)OCO5)CC3)ccn2)cc(OC)c1OC.Cl.Cl.Cl. The summed E-state index contributed by atoms with van der Waals surface area (Å²) in [6.45, 7) is 3.53. The predicted molar refractivity (Wildman–Crippen MR) is 227 cm³/mol. The van der Waals surface area contributed by atoms with Gasteiger partial charge in [0.2, 0.25) is 18.3 Å². The molecule has 5 aromatic rings. The monoisotopic (exact) mass is 842 g/mol. The Morgan fingerprint density at radius 1 is 0.649 bits per heavy atom. The van der Waals surface area contributed by atoms with Gasteiger partial charge in [-0.25, -0.2) is 0 Å². The van der Waals surface area contributed by atoms with Crippen LogP contribution in [0.3, 0.4) is 0 Å². The molecule has 2 aromatic heterocycles. The molecular weight excluding hydrogens is 795 g/mol. The second kappa shape index (κ2) is 20.4. The molecule has 1 saturated heterocycles. The van der Waals surface area contributed by atoms with E-state index < -0.39 is 0 Å². The molecule has 1 fully saturated rings. The molecule has 7 rings (SSSR count). The van der Waals surface area contributed by atoms with Gasteiger partial charge in [0.1, 0.15) is 0 Å². The van der Waals surface area contributed by atoms with E-state index in [9.17, 15) is 0 Å². The first-order valence-corrected chi connectivity index (χ1v) is 17.8. The van der Waals surface area contributed by atoms with Crippen molar-refractivity contribution in [3.8, 4) is 68.5 Å². The van der Waals surface area contributed by atoms with E-state index in [4.69, 9.17) is 42.9 Å². The predicted octanol–water partition coefficient (Wildman–Crippen LogP) is 8.53. The Morgan fingerprint density at radius 3 is 1.84 bits per heavy atom. The third kappa shape index (κ3) is 9.59. The molecule has 0 bridgehead atoms. The Kier molecular flexibility index (Phi) is 16.0. The lowest BCUT2D eigenvalue weighted by Crippen LogP contribution is -2.44. The van der Waals surface area contributed by atoms with Gasteiger partial charge in [-0.2, -0.15) is 0 Å². The minimum Gasteiger partial charge on any atom is -0.493 e. The molecule has 0 atom stereocenters. The van der Waals surface area contributed by atoms with Gasteiger partial charge < -0.3 is 42.8 Å². The van der Waals surface area contributed by atoms with Crippen molar-refractivity contribution in [1.29, 1.82) is 0 Å². The summed E-state index contributed by atoms with van der Waals surface area (Å²) in [4.78, 5) is 14.5. The maximum atomic E-state index is 5.82. The Bertz CT molecular complexity index is 2050. The standard InChI is InChI=1S/C42H46N4O8.3ClH/c1-47-36-19-29(20-37(48-2)41(36)51-5)33-18-27(11-15-43-33)24-45-16-12-31(13-17-45)46(32-9-10-34-35(23-32)54-26-53-34)25-28-8-7-14-44-40(28)30-21-38(49-3)42(52-6)39(22-30)50-4;;;/h7-11,14-15,18-23,31H,12-13,16-17,24-26H2,1-6H3;3*1H. The topological polar surface area (TPSA) is 106 Å². The molecule has 2 aliphatic rings. The van der Waals surface area contributed by atoms with Gasteiger partial charge >= 0.3 is 0 Å². The minimum absolute atomic E-state index is 0. The third-order valence-electron chi connectivity index (χ3n) is 10.0. The number of ether oxygens (including phenoxy) is 8. The first-order chi connectivity index (χ1) is 26.5. The van der Waals surface area contributed by atoms with Crippen molar-refractivity contribution in [2.45, 2.75) is 32.0 Å². The van der Waals surface area contributed by atoms with Crippen LogP contribution in [0.25, 0.3) is 22.5 Å². The highest BCUT2D eigenvalue weighted by Gasteiger charge is 2.28. The molecule has 306 valence electrons. The van der Waals surface area contributed by atoms with Crippen LogP contribution in [0, 0.1) is 0 Å². The van der Waals surface area contributed by atoms with Crippen LogP contribution in [0.4, 0.5) is 5.69 Å². The summed E-state index contributed by atoms with van der Waals surface area (Å²) in [6.07, 6.45) is 5.62. The van der Waals surface area contributed by atoms with Gasteiger partial charge in [-0.05, 0) is 78.6 Å². The quantitative estimate of drug-likeness (QED) is 0.107. The number of benzene rings is 3. The molecule has 3 aromatic carbocycles. The van der Waals surface area contributed by atoms with Crippen molar-refractivity contribution in [2.75, 3.05) is 67.4 Å². The van der Waals surface area contributed by atoms with Gasteiger partial charge in [0.05, 0.1) is 54.0 Å². The van der Waals surface area contributed by atoms with Gasteiger partial charge in [-0.1, -0.05) is 6.07 Å². The van der Waals surface area contributed by atoms with E-state index in [1.807, 2.05) is 48.8 Å². The molecule has 0 aliphatic carbocycles. The van der Waals surface area contributed by atoms with Crippen LogP contribution in [0.15, 0.2) is 79.1 Å². The zero-order chi connectivity index (χ0) is 37.6. The molecular formula is C42H49Cl3N4O8. The van der Waals surface area contributed by atoms with Gasteiger partial charge in [-0.3, -0.25) is 14.9 Å². The number of aromatic nitrogens is 2. The molecule has 12 nitrogen and oxygen atoms in total. The van der Waals surface area contributed by atoms with Gasteiger partial charge in [-0.15, -0.1) is 37.2 Å². The average molecular weight is 844 g/mol. The van der Waals surface area contributed by atoms with E-state index in [0.717, 1.165) is 77.7 Å². The van der Waals surface area contributed by atoms with Crippen molar-refractivity contribution in [1.82, 2.24) is 14.9 Å². The largest absolute Gasteiger partial charge is 0.493 e. The number of piperidine rings is 1. The fourth-order valence-electron chi connectivity index (χ4n) is 7.33. The lowest BCUT2D eigenvalue weighted by atomic mass is 9.98. The number of halogens is 3. The van der Waals surface area contributed by atoms with E-state index in [2.05, 4.69) is 45.1 Å². The second-order valence-electron chi connectivity index (χ2n) is 13.1. The molecule has 0 spiro atoms. The number of hydrogen-bond donors (Lipinski definition) is 0. The molecule has 2 aliphatic heterocycles. The van der Waals surface area contributed by atoms with Crippen LogP contribution >= 0.6 is 37.2 Å². The molecule has 0 amide bonds. The number of pyridine rings is 2. The zero-order valence-electron chi connectivity index (χ0n) is 32.8. The highest BCUT2D eigenvalue weighted by molar-refractivity contribution is 5.86. The average Bonchev–Trinajstić information content (AvgIpc) is 3.70. The Balaban J connectivity index is 0.00000240. The van der Waals surface area contributed by atoms with E-state index >= 15 is 0 Å². The minimum atomic E-state index is 0. The van der Waals surface area contributed by atoms with Crippen molar-refractivity contribution in [3.63, 3.8) is 0 Å². The number of hydrogen-bond acceptors (Lipinski definition) is 12. The van der Waals surface area contributed by atoms with Crippen LogP contribution < -0.4 is 42.8 Å². The number of nitrogens with zero attached hydrogens (tertiary/aromatic N) is 4. The van der Waals surface area contributed by atoms with Crippen LogP contribution in [-0.4, -0.2) is 83.5 Å². The molecule has 57 heavy (non-hydrogen) atoms. The molecule has 15 heteroatoms. The number of anilines is 1. The molecule has 0 N–H and O–H groups in total. The second-order valence-corrected chi connectivity index (χ2v) is 13.1. The lowest BCUT2D eigenvalue weighted by molar-refractivity contribution is 0.174. The molecule has 4 heterocycles. The van der Waals surface area contributed by atoms with Crippen molar-refractivity contribution in [2.24, 2.45) is 0 Å². The van der Waals surface area contributed by atoms with Crippen molar-refractivity contribution < 1.29 is 37.9 Å². The fraction of sp³-hybridized carbons (Fsp3) is 0.333. The first-order valence-electron chi connectivity index (χ1n) is 17.8. The molecule has 0 radical (unpaired) electrons. The summed E-state index contributed by atoms with van der Waals surface area (Å²) in [5.74, 6) is 4.95. The Labute approximate surface area is 352 Å². The normalized spacial score (nSPS) is 13.3. The maximum Gasteiger partial charge on any atom is 0.231 e. The number of methoxy groups -OCH3 is 6. The molecule has 0 unspecified atom stereocenters. The van der Waals surface area contributed by atoms with Gasteiger partial charge in [0.15, 0.2) is 34.5 Å². The Hall–Kier alpha value is -5.01. The summed E-state index contributed by atoms with van der Waals surface area (Å²) in [5, 5.41) is 0. The molecule has 0 saturated carbocycles. The van der Waals surface area contributed by atoms with E-state index in [1.165, 1.54) is 5.56 Å². The van der Waals surface area contributed by atoms with Gasteiger partial charge in [0, 0.05) is 67.5 Å². The van der Waals surface area contributed by atoms with E-state index in [1.54, 1.807) is 42.7 Å². The van der Waals surface area contributed by atoms with E-state index in [-0.39, 0.29) is 50.1 Å². The van der Waals surface area contributed by atoms with E-state index in [0.29, 0.717) is 41.0 Å². The van der Waals surface area contributed by atoms with Crippen molar-refractivity contribution >= 4 is 42.9 Å². The number of likely N-dealkylation sites (tertiary alicyclic amines) is 1. The number of rotatable bonds is 14.